The Morgan fingerprint density at radius 1 is 1.32 bits per heavy atom. The lowest BCUT2D eigenvalue weighted by Gasteiger charge is -2.39. The highest BCUT2D eigenvalue weighted by Gasteiger charge is 2.48. The molecule has 1 N–H and O–H groups in total. The van der Waals surface area contributed by atoms with Crippen LogP contribution in [0.25, 0.3) is 0 Å². The van der Waals surface area contributed by atoms with Gasteiger partial charge in [0.25, 0.3) is 0 Å². The molecular weight excluding hydrogens is 336 g/mol. The number of amides is 1. The molecule has 0 bridgehead atoms. The van der Waals surface area contributed by atoms with Crippen LogP contribution in [0.2, 0.25) is 0 Å². The van der Waals surface area contributed by atoms with Crippen LogP contribution < -0.4 is 4.90 Å². The fourth-order valence-electron chi connectivity index (χ4n) is 3.94. The lowest BCUT2D eigenvalue weighted by molar-refractivity contribution is -0.145. The molecule has 0 aromatic carbocycles. The van der Waals surface area contributed by atoms with Gasteiger partial charge < -0.3 is 14.9 Å². The summed E-state index contributed by atoms with van der Waals surface area (Å²) in [4.78, 5) is 26.0. The van der Waals surface area contributed by atoms with Crippen molar-refractivity contribution in [2.24, 2.45) is 5.41 Å². The van der Waals surface area contributed by atoms with Gasteiger partial charge in [-0.2, -0.15) is 0 Å². The number of anilines is 1. The van der Waals surface area contributed by atoms with Crippen LogP contribution in [0.4, 0.5) is 5.13 Å². The monoisotopic (exact) mass is 358 g/mol. The van der Waals surface area contributed by atoms with Crippen molar-refractivity contribution in [1.29, 1.82) is 0 Å². The second-order valence-corrected chi connectivity index (χ2v) is 7.76. The minimum atomic E-state index is -0.286. The van der Waals surface area contributed by atoms with E-state index in [0.717, 1.165) is 49.6 Å². The van der Waals surface area contributed by atoms with E-state index in [0.29, 0.717) is 12.2 Å². The molecule has 0 saturated carbocycles. The third-order valence-electron chi connectivity index (χ3n) is 5.25. The van der Waals surface area contributed by atoms with Crippen LogP contribution in [0.1, 0.15) is 30.5 Å². The summed E-state index contributed by atoms with van der Waals surface area (Å²) in [6, 6.07) is 3.94. The molecule has 0 aliphatic carbocycles. The first-order valence-electron chi connectivity index (χ1n) is 8.69. The molecule has 2 aromatic rings. The number of hydrogen-bond donors (Lipinski definition) is 1. The molecule has 4 heterocycles. The topological polar surface area (TPSA) is 69.6 Å². The van der Waals surface area contributed by atoms with Gasteiger partial charge in [0.05, 0.1) is 17.7 Å². The van der Waals surface area contributed by atoms with Crippen molar-refractivity contribution in [3.63, 3.8) is 0 Å². The number of carbonyl (C=O) groups excluding carboxylic acids is 1. The fourth-order valence-corrected chi connectivity index (χ4v) is 4.79. The summed E-state index contributed by atoms with van der Waals surface area (Å²) in [5.41, 5.74) is 1.50. The van der Waals surface area contributed by atoms with Crippen molar-refractivity contribution in [3.05, 3.63) is 41.2 Å². The van der Waals surface area contributed by atoms with Crippen LogP contribution in [-0.4, -0.2) is 45.5 Å². The number of pyridine rings is 1. The molecule has 1 spiro atoms. The Balaban J connectivity index is 1.48. The van der Waals surface area contributed by atoms with Crippen molar-refractivity contribution in [1.82, 2.24) is 14.9 Å². The summed E-state index contributed by atoms with van der Waals surface area (Å²) in [5.74, 6) is 0.268. The van der Waals surface area contributed by atoms with Crippen molar-refractivity contribution in [2.45, 2.75) is 32.4 Å². The van der Waals surface area contributed by atoms with Gasteiger partial charge in [0.2, 0.25) is 5.91 Å². The Kier molecular flexibility index (Phi) is 4.43. The summed E-state index contributed by atoms with van der Waals surface area (Å²) in [5, 5.41) is 12.0. The Labute approximate surface area is 151 Å². The SMILES string of the molecule is O=C1N(Cc2cccnc2)CCC[C@@]12CCN(c1nc(CO)cs1)C2. The van der Waals surface area contributed by atoms with Gasteiger partial charge in [0.1, 0.15) is 0 Å². The second kappa shape index (κ2) is 6.72. The molecule has 132 valence electrons. The molecule has 2 aliphatic heterocycles. The molecule has 25 heavy (non-hydrogen) atoms. The van der Waals surface area contributed by atoms with Crippen LogP contribution in [0, 0.1) is 5.41 Å². The molecule has 0 radical (unpaired) electrons. The molecule has 6 nitrogen and oxygen atoms in total. The maximum atomic E-state index is 13.2. The van der Waals surface area contributed by atoms with Crippen LogP contribution in [0.5, 0.6) is 0 Å². The average Bonchev–Trinajstić information content (AvgIpc) is 3.28. The lowest BCUT2D eigenvalue weighted by Crippen LogP contribution is -2.49. The lowest BCUT2D eigenvalue weighted by atomic mass is 9.78. The minimum absolute atomic E-state index is 0.0344. The number of aromatic nitrogens is 2. The van der Waals surface area contributed by atoms with E-state index in [9.17, 15) is 9.90 Å². The van der Waals surface area contributed by atoms with Crippen molar-refractivity contribution < 1.29 is 9.90 Å². The van der Waals surface area contributed by atoms with Crippen molar-refractivity contribution >= 4 is 22.4 Å². The standard InChI is InChI=1S/C18H22N4O2S/c23-11-15-12-25-17(20-15)22-8-5-18(13-22)4-2-7-21(16(18)24)10-14-3-1-6-19-9-14/h1,3,6,9,12,23H,2,4-5,7-8,10-11,13H2/t18-/m0/s1. The molecule has 1 atom stereocenters. The zero-order valence-corrected chi connectivity index (χ0v) is 14.9. The molecule has 7 heteroatoms. The number of likely N-dealkylation sites (tertiary alicyclic amines) is 1. The Morgan fingerprint density at radius 2 is 2.24 bits per heavy atom. The fraction of sp³-hybridized carbons (Fsp3) is 0.500. The summed E-state index contributed by atoms with van der Waals surface area (Å²) >= 11 is 1.55. The van der Waals surface area contributed by atoms with Crippen LogP contribution in [-0.2, 0) is 17.9 Å². The Morgan fingerprint density at radius 3 is 3.00 bits per heavy atom. The minimum Gasteiger partial charge on any atom is -0.390 e. The third-order valence-corrected chi connectivity index (χ3v) is 6.20. The van der Waals surface area contributed by atoms with Gasteiger partial charge in [-0.05, 0) is 30.9 Å². The Bertz CT molecular complexity index is 751. The van der Waals surface area contributed by atoms with Gasteiger partial charge in [0, 0.05) is 44.0 Å². The number of aliphatic hydroxyl groups is 1. The third kappa shape index (κ3) is 3.14. The summed E-state index contributed by atoms with van der Waals surface area (Å²) in [6.45, 7) is 3.01. The second-order valence-electron chi connectivity index (χ2n) is 6.92. The predicted molar refractivity (Wildman–Crippen MR) is 96.2 cm³/mol. The van der Waals surface area contributed by atoms with Crippen LogP contribution in [0.3, 0.4) is 0 Å². The van der Waals surface area contributed by atoms with E-state index in [1.807, 2.05) is 28.6 Å². The van der Waals surface area contributed by atoms with Gasteiger partial charge in [-0.3, -0.25) is 9.78 Å². The highest BCUT2D eigenvalue weighted by atomic mass is 32.1. The number of nitrogens with zero attached hydrogens (tertiary/aromatic N) is 4. The zero-order chi connectivity index (χ0) is 17.3. The maximum Gasteiger partial charge on any atom is 0.230 e. The highest BCUT2D eigenvalue weighted by Crippen LogP contribution is 2.42. The quantitative estimate of drug-likeness (QED) is 0.906. The molecule has 2 fully saturated rings. The number of hydrogen-bond acceptors (Lipinski definition) is 6. The van der Waals surface area contributed by atoms with Gasteiger partial charge in [-0.15, -0.1) is 11.3 Å². The summed E-state index contributed by atoms with van der Waals surface area (Å²) in [7, 11) is 0. The molecule has 0 unspecified atom stereocenters. The Hall–Kier alpha value is -1.99. The summed E-state index contributed by atoms with van der Waals surface area (Å²) < 4.78 is 0. The number of thiazole rings is 1. The van der Waals surface area contributed by atoms with Gasteiger partial charge in [0.15, 0.2) is 5.13 Å². The largest absolute Gasteiger partial charge is 0.390 e. The molecule has 2 aliphatic rings. The first-order valence-corrected chi connectivity index (χ1v) is 9.57. The predicted octanol–water partition coefficient (Wildman–Crippen LogP) is 2.05. The van der Waals surface area contributed by atoms with Gasteiger partial charge in [-0.1, -0.05) is 6.07 Å². The van der Waals surface area contributed by atoms with Crippen molar-refractivity contribution in [2.75, 3.05) is 24.5 Å². The average molecular weight is 358 g/mol. The van der Waals surface area contributed by atoms with Crippen molar-refractivity contribution in [3.8, 4) is 0 Å². The van der Waals surface area contributed by atoms with Gasteiger partial charge in [-0.25, -0.2) is 4.98 Å². The molecule has 1 amide bonds. The number of rotatable bonds is 4. The highest BCUT2D eigenvalue weighted by molar-refractivity contribution is 7.13. The van der Waals surface area contributed by atoms with Crippen LogP contribution in [0.15, 0.2) is 29.9 Å². The number of carbonyl (C=O) groups is 1. The summed E-state index contributed by atoms with van der Waals surface area (Å²) in [6.07, 6.45) is 6.46. The molecule has 4 rings (SSSR count). The van der Waals surface area contributed by atoms with Gasteiger partial charge >= 0.3 is 0 Å². The smallest absolute Gasteiger partial charge is 0.230 e. The van der Waals surface area contributed by atoms with E-state index >= 15 is 0 Å². The van der Waals surface area contributed by atoms with E-state index in [1.165, 1.54) is 0 Å². The maximum absolute atomic E-state index is 13.2. The zero-order valence-electron chi connectivity index (χ0n) is 14.1. The number of piperidine rings is 1. The van der Waals surface area contributed by atoms with E-state index in [1.54, 1.807) is 17.5 Å². The molecule has 2 saturated heterocycles. The first kappa shape index (κ1) is 16.5. The van der Waals surface area contributed by atoms with E-state index in [4.69, 9.17) is 0 Å². The molecular formula is C18H22N4O2S. The first-order chi connectivity index (χ1) is 12.2. The van der Waals surface area contributed by atoms with E-state index in [2.05, 4.69) is 14.9 Å². The van der Waals surface area contributed by atoms with E-state index in [-0.39, 0.29) is 17.9 Å². The number of aliphatic hydroxyl groups excluding tert-OH is 1. The van der Waals surface area contributed by atoms with E-state index < -0.39 is 0 Å². The molecule has 2 aromatic heterocycles. The van der Waals surface area contributed by atoms with Crippen LogP contribution >= 0.6 is 11.3 Å². The normalized spacial score (nSPS) is 23.6.